The first-order valence-corrected chi connectivity index (χ1v) is 7.16. The van der Waals surface area contributed by atoms with E-state index >= 15 is 0 Å². The van der Waals surface area contributed by atoms with Gasteiger partial charge in [-0.3, -0.25) is 4.21 Å². The Labute approximate surface area is 100 Å². The molecule has 1 aromatic rings. The fourth-order valence-corrected chi connectivity index (χ4v) is 2.26. The van der Waals surface area contributed by atoms with Crippen LogP contribution < -0.4 is 5.32 Å². The predicted molar refractivity (Wildman–Crippen MR) is 71.9 cm³/mol. The average Bonchev–Trinajstić information content (AvgIpc) is 2.25. The summed E-state index contributed by atoms with van der Waals surface area (Å²) in [7, 11) is -0.724. The lowest BCUT2D eigenvalue weighted by molar-refractivity contribution is 0.625. The summed E-state index contributed by atoms with van der Waals surface area (Å²) in [6, 6.07) is 10.5. The maximum Gasteiger partial charge on any atom is 0.0383 e. The van der Waals surface area contributed by atoms with Crippen LogP contribution in [0.3, 0.4) is 0 Å². The monoisotopic (exact) mass is 237 g/mol. The second-order valence-corrected chi connectivity index (χ2v) is 5.34. The van der Waals surface area contributed by atoms with Crippen molar-refractivity contribution in [2.75, 3.05) is 18.6 Å². The molecule has 0 saturated carbocycles. The lowest BCUT2D eigenvalue weighted by Crippen LogP contribution is -2.30. The van der Waals surface area contributed by atoms with Gasteiger partial charge in [0.2, 0.25) is 0 Å². The molecular weight excluding hydrogens is 218 g/mol. The SMILES string of the molecule is CC(CS(C)=O)NC/C=C/c1ccccc1. The largest absolute Gasteiger partial charge is 0.310 e. The molecular formula is C13H19NOS. The Hall–Kier alpha value is -0.930. The highest BCUT2D eigenvalue weighted by Crippen LogP contribution is 2.00. The van der Waals surface area contributed by atoms with Crippen LogP contribution in [0.25, 0.3) is 6.08 Å². The number of rotatable bonds is 6. The molecule has 16 heavy (non-hydrogen) atoms. The van der Waals surface area contributed by atoms with Gasteiger partial charge in [-0.2, -0.15) is 0 Å². The molecule has 0 aromatic heterocycles. The Balaban J connectivity index is 2.25. The van der Waals surface area contributed by atoms with Crippen molar-refractivity contribution in [2.45, 2.75) is 13.0 Å². The molecule has 0 fully saturated rings. The van der Waals surface area contributed by atoms with E-state index in [0.29, 0.717) is 11.8 Å². The third-order valence-electron chi connectivity index (χ3n) is 2.18. The second-order valence-electron chi connectivity index (χ2n) is 3.86. The molecule has 0 aliphatic heterocycles. The molecule has 0 aliphatic carbocycles. The van der Waals surface area contributed by atoms with Crippen molar-refractivity contribution in [3.05, 3.63) is 42.0 Å². The Bertz CT molecular complexity index is 348. The van der Waals surface area contributed by atoms with Gasteiger partial charge in [0.05, 0.1) is 0 Å². The van der Waals surface area contributed by atoms with Gasteiger partial charge >= 0.3 is 0 Å². The maximum absolute atomic E-state index is 11.0. The minimum absolute atomic E-state index is 0.297. The summed E-state index contributed by atoms with van der Waals surface area (Å²) in [5.41, 5.74) is 1.20. The zero-order valence-electron chi connectivity index (χ0n) is 9.85. The van der Waals surface area contributed by atoms with Gasteiger partial charge in [-0.1, -0.05) is 42.5 Å². The van der Waals surface area contributed by atoms with Gasteiger partial charge in [-0.25, -0.2) is 0 Å². The summed E-state index contributed by atoms with van der Waals surface area (Å²) in [6.45, 7) is 2.87. The molecule has 0 heterocycles. The molecule has 1 rings (SSSR count). The fourth-order valence-electron chi connectivity index (χ4n) is 1.44. The number of nitrogens with one attached hydrogen (secondary N) is 1. The van der Waals surface area contributed by atoms with Gasteiger partial charge < -0.3 is 5.32 Å². The van der Waals surface area contributed by atoms with E-state index in [-0.39, 0.29) is 0 Å². The summed E-state index contributed by atoms with van der Waals surface area (Å²) in [6.07, 6.45) is 5.91. The molecule has 0 aliphatic rings. The van der Waals surface area contributed by atoms with E-state index in [9.17, 15) is 4.21 Å². The standard InChI is InChI=1S/C13H19NOS/c1-12(11-16(2)15)14-10-6-9-13-7-4-3-5-8-13/h3-9,12,14H,10-11H2,1-2H3/b9-6+. The van der Waals surface area contributed by atoms with Gasteiger partial charge in [0, 0.05) is 35.4 Å². The number of benzene rings is 1. The fraction of sp³-hybridized carbons (Fsp3) is 0.385. The van der Waals surface area contributed by atoms with Gasteiger partial charge in [0.1, 0.15) is 0 Å². The van der Waals surface area contributed by atoms with Crippen LogP contribution >= 0.6 is 0 Å². The first kappa shape index (κ1) is 13.1. The average molecular weight is 237 g/mol. The van der Waals surface area contributed by atoms with Gasteiger partial charge in [0.25, 0.3) is 0 Å². The van der Waals surface area contributed by atoms with E-state index in [1.807, 2.05) is 18.2 Å². The van der Waals surface area contributed by atoms with Crippen molar-refractivity contribution in [1.82, 2.24) is 5.32 Å². The van der Waals surface area contributed by atoms with E-state index in [1.165, 1.54) is 5.56 Å². The molecule has 1 aromatic carbocycles. The van der Waals surface area contributed by atoms with E-state index in [4.69, 9.17) is 0 Å². The van der Waals surface area contributed by atoms with Crippen LogP contribution in [0.5, 0.6) is 0 Å². The summed E-state index contributed by atoms with van der Waals surface area (Å²) in [5, 5.41) is 3.30. The normalized spacial score (nSPS) is 15.1. The van der Waals surface area contributed by atoms with Crippen molar-refractivity contribution in [3.63, 3.8) is 0 Å². The van der Waals surface area contributed by atoms with Crippen molar-refractivity contribution in [3.8, 4) is 0 Å². The smallest absolute Gasteiger partial charge is 0.0383 e. The highest BCUT2D eigenvalue weighted by atomic mass is 32.2. The molecule has 0 spiro atoms. The van der Waals surface area contributed by atoms with Crippen molar-refractivity contribution >= 4 is 16.9 Å². The second kappa shape index (κ2) is 7.36. The summed E-state index contributed by atoms with van der Waals surface area (Å²) in [4.78, 5) is 0. The van der Waals surface area contributed by atoms with Crippen LogP contribution in [0, 0.1) is 0 Å². The molecule has 2 unspecified atom stereocenters. The maximum atomic E-state index is 11.0. The Morgan fingerprint density at radius 3 is 2.69 bits per heavy atom. The van der Waals surface area contributed by atoms with Gasteiger partial charge in [-0.05, 0) is 12.5 Å². The highest BCUT2D eigenvalue weighted by Gasteiger charge is 2.00. The third-order valence-corrected chi connectivity index (χ3v) is 3.15. The topological polar surface area (TPSA) is 29.1 Å². The van der Waals surface area contributed by atoms with Gasteiger partial charge in [0.15, 0.2) is 0 Å². The van der Waals surface area contributed by atoms with Crippen molar-refractivity contribution in [1.29, 1.82) is 0 Å². The van der Waals surface area contributed by atoms with Crippen LogP contribution in [0.1, 0.15) is 12.5 Å². The Morgan fingerprint density at radius 1 is 1.38 bits per heavy atom. The third kappa shape index (κ3) is 5.83. The van der Waals surface area contributed by atoms with E-state index < -0.39 is 10.8 Å². The van der Waals surface area contributed by atoms with Crippen molar-refractivity contribution < 1.29 is 4.21 Å². The van der Waals surface area contributed by atoms with Gasteiger partial charge in [-0.15, -0.1) is 0 Å². The van der Waals surface area contributed by atoms with Crippen LogP contribution in [0.15, 0.2) is 36.4 Å². The van der Waals surface area contributed by atoms with Crippen LogP contribution in [0.2, 0.25) is 0 Å². The molecule has 2 atom stereocenters. The molecule has 2 nitrogen and oxygen atoms in total. The Kier molecular flexibility index (Phi) is 6.04. The Morgan fingerprint density at radius 2 is 2.06 bits per heavy atom. The van der Waals surface area contributed by atoms with Crippen LogP contribution in [-0.4, -0.2) is 28.8 Å². The van der Waals surface area contributed by atoms with E-state index in [0.717, 1.165) is 6.54 Å². The van der Waals surface area contributed by atoms with E-state index in [1.54, 1.807) is 6.26 Å². The van der Waals surface area contributed by atoms with Crippen LogP contribution in [0.4, 0.5) is 0 Å². The quantitative estimate of drug-likeness (QED) is 0.820. The zero-order chi connectivity index (χ0) is 11.8. The first-order valence-electron chi connectivity index (χ1n) is 5.43. The van der Waals surface area contributed by atoms with Crippen molar-refractivity contribution in [2.24, 2.45) is 0 Å². The predicted octanol–water partition coefficient (Wildman–Crippen LogP) is 2.06. The molecule has 0 amide bonds. The lowest BCUT2D eigenvalue weighted by Gasteiger charge is -2.09. The zero-order valence-corrected chi connectivity index (χ0v) is 10.7. The number of hydrogen-bond acceptors (Lipinski definition) is 2. The molecule has 3 heteroatoms. The lowest BCUT2D eigenvalue weighted by atomic mass is 10.2. The summed E-state index contributed by atoms with van der Waals surface area (Å²) < 4.78 is 11.0. The molecule has 0 bridgehead atoms. The van der Waals surface area contributed by atoms with Crippen LogP contribution in [-0.2, 0) is 10.8 Å². The molecule has 1 N–H and O–H groups in total. The first-order chi connectivity index (χ1) is 7.68. The minimum atomic E-state index is -0.724. The molecule has 88 valence electrons. The number of hydrogen-bond donors (Lipinski definition) is 1. The highest BCUT2D eigenvalue weighted by molar-refractivity contribution is 7.84. The minimum Gasteiger partial charge on any atom is -0.310 e. The summed E-state index contributed by atoms with van der Waals surface area (Å²) in [5.74, 6) is 0.708. The van der Waals surface area contributed by atoms with E-state index in [2.05, 4.69) is 36.5 Å². The summed E-state index contributed by atoms with van der Waals surface area (Å²) >= 11 is 0. The molecule has 0 radical (unpaired) electrons. The molecule has 0 saturated heterocycles.